The van der Waals surface area contributed by atoms with Gasteiger partial charge in [0.1, 0.15) is 5.60 Å². The van der Waals surface area contributed by atoms with E-state index < -0.39 is 5.60 Å². The van der Waals surface area contributed by atoms with Crippen LogP contribution in [-0.4, -0.2) is 39.6 Å². The summed E-state index contributed by atoms with van der Waals surface area (Å²) < 4.78 is 5.76. The summed E-state index contributed by atoms with van der Waals surface area (Å²) in [5, 5.41) is 0. The Bertz CT molecular complexity index is 826. The number of ether oxygens (including phenoxy) is 1. The maximum atomic E-state index is 12.9. The van der Waals surface area contributed by atoms with Crippen LogP contribution in [-0.2, 0) is 17.8 Å². The standard InChI is InChI=1S/C28H38N2O2/c1-27(2,3)32-26(31)30-20-10-17-28(30)18-15-25(16-19-28)29(21-23-11-6-4-7-12-23)22-24-13-8-5-9-14-24/h4-9,11-14,25H,10,15-22H2,1-3H3. The molecule has 0 radical (unpaired) electrons. The molecular weight excluding hydrogens is 396 g/mol. The largest absolute Gasteiger partial charge is 0.444 e. The zero-order valence-corrected chi connectivity index (χ0v) is 19.9. The van der Waals surface area contributed by atoms with Crippen LogP contribution in [0.1, 0.15) is 70.4 Å². The number of benzene rings is 2. The van der Waals surface area contributed by atoms with Crippen LogP contribution >= 0.6 is 0 Å². The zero-order valence-electron chi connectivity index (χ0n) is 19.9. The first-order valence-corrected chi connectivity index (χ1v) is 12.2. The van der Waals surface area contributed by atoms with E-state index in [1.54, 1.807) is 0 Å². The van der Waals surface area contributed by atoms with Crippen molar-refractivity contribution in [1.29, 1.82) is 0 Å². The van der Waals surface area contributed by atoms with E-state index in [0.717, 1.165) is 58.2 Å². The highest BCUT2D eigenvalue weighted by atomic mass is 16.6. The average Bonchev–Trinajstić information content (AvgIpc) is 3.17. The molecule has 32 heavy (non-hydrogen) atoms. The molecule has 2 fully saturated rings. The fraction of sp³-hybridized carbons (Fsp3) is 0.536. The van der Waals surface area contributed by atoms with Crippen molar-refractivity contribution in [2.45, 2.75) is 89.6 Å². The summed E-state index contributed by atoms with van der Waals surface area (Å²) in [6, 6.07) is 22.1. The summed E-state index contributed by atoms with van der Waals surface area (Å²) in [6.07, 6.45) is 6.45. The normalized spacial score (nSPS) is 23.6. The molecule has 1 saturated carbocycles. The maximum absolute atomic E-state index is 12.9. The lowest BCUT2D eigenvalue weighted by Gasteiger charge is -2.46. The molecule has 1 amide bonds. The van der Waals surface area contributed by atoms with Crippen LogP contribution < -0.4 is 0 Å². The van der Waals surface area contributed by atoms with Gasteiger partial charge in [-0.05, 0) is 70.4 Å². The smallest absolute Gasteiger partial charge is 0.410 e. The second-order valence-electron chi connectivity index (χ2n) is 10.6. The molecule has 0 aromatic heterocycles. The summed E-state index contributed by atoms with van der Waals surface area (Å²) in [7, 11) is 0. The molecule has 1 heterocycles. The third-order valence-corrected chi connectivity index (χ3v) is 7.07. The van der Waals surface area contributed by atoms with Gasteiger partial charge in [-0.15, -0.1) is 0 Å². The van der Waals surface area contributed by atoms with Crippen molar-refractivity contribution in [2.75, 3.05) is 6.54 Å². The third-order valence-electron chi connectivity index (χ3n) is 7.07. The third kappa shape index (κ3) is 5.53. The Morgan fingerprint density at radius 1 is 0.938 bits per heavy atom. The minimum Gasteiger partial charge on any atom is -0.444 e. The fourth-order valence-electron chi connectivity index (χ4n) is 5.52. The summed E-state index contributed by atoms with van der Waals surface area (Å²) in [5.74, 6) is 0. The van der Waals surface area contributed by atoms with Gasteiger partial charge in [0.05, 0.1) is 0 Å². The molecule has 1 aliphatic carbocycles. The molecule has 4 heteroatoms. The van der Waals surface area contributed by atoms with Crippen LogP contribution in [0, 0.1) is 0 Å². The maximum Gasteiger partial charge on any atom is 0.410 e. The monoisotopic (exact) mass is 434 g/mol. The van der Waals surface area contributed by atoms with E-state index in [-0.39, 0.29) is 11.6 Å². The highest BCUT2D eigenvalue weighted by Gasteiger charge is 2.47. The number of carbonyl (C=O) groups excluding carboxylic acids is 1. The molecule has 0 unspecified atom stereocenters. The fourth-order valence-corrected chi connectivity index (χ4v) is 5.52. The molecule has 2 aromatic rings. The van der Waals surface area contributed by atoms with Gasteiger partial charge in [-0.3, -0.25) is 4.90 Å². The van der Waals surface area contributed by atoms with E-state index in [2.05, 4.69) is 70.5 Å². The average molecular weight is 435 g/mol. The molecule has 0 bridgehead atoms. The Morgan fingerprint density at radius 3 is 1.97 bits per heavy atom. The Kier molecular flexibility index (Phi) is 6.90. The molecule has 1 saturated heterocycles. The number of likely N-dealkylation sites (tertiary alicyclic amines) is 1. The van der Waals surface area contributed by atoms with Crippen molar-refractivity contribution in [3.8, 4) is 0 Å². The topological polar surface area (TPSA) is 32.8 Å². The van der Waals surface area contributed by atoms with E-state index in [4.69, 9.17) is 4.74 Å². The van der Waals surface area contributed by atoms with Crippen LogP contribution in [0.5, 0.6) is 0 Å². The van der Waals surface area contributed by atoms with Crippen molar-refractivity contribution in [1.82, 2.24) is 9.80 Å². The highest BCUT2D eigenvalue weighted by Crippen LogP contribution is 2.43. The molecule has 1 aliphatic heterocycles. The quantitative estimate of drug-likeness (QED) is 0.546. The van der Waals surface area contributed by atoms with Crippen molar-refractivity contribution < 1.29 is 9.53 Å². The summed E-state index contributed by atoms with van der Waals surface area (Å²) in [6.45, 7) is 8.62. The van der Waals surface area contributed by atoms with Crippen molar-refractivity contribution in [3.63, 3.8) is 0 Å². The first kappa shape index (κ1) is 22.8. The van der Waals surface area contributed by atoms with Crippen LogP contribution in [0.3, 0.4) is 0 Å². The Morgan fingerprint density at radius 2 is 1.47 bits per heavy atom. The van der Waals surface area contributed by atoms with E-state index in [1.807, 2.05) is 20.8 Å². The first-order valence-electron chi connectivity index (χ1n) is 12.2. The van der Waals surface area contributed by atoms with Crippen LogP contribution in [0.4, 0.5) is 4.79 Å². The Balaban J connectivity index is 1.46. The van der Waals surface area contributed by atoms with Crippen LogP contribution in [0.25, 0.3) is 0 Å². The molecule has 0 atom stereocenters. The number of amides is 1. The molecule has 1 spiro atoms. The minimum absolute atomic E-state index is 0.00992. The summed E-state index contributed by atoms with van der Waals surface area (Å²) in [4.78, 5) is 17.6. The van der Waals surface area contributed by atoms with Gasteiger partial charge < -0.3 is 9.64 Å². The Labute approximate surface area is 193 Å². The molecule has 4 nitrogen and oxygen atoms in total. The van der Waals surface area contributed by atoms with Gasteiger partial charge in [0.25, 0.3) is 0 Å². The number of hydrogen-bond acceptors (Lipinski definition) is 3. The van der Waals surface area contributed by atoms with Gasteiger partial charge in [0, 0.05) is 31.2 Å². The molecule has 172 valence electrons. The second kappa shape index (κ2) is 9.66. The van der Waals surface area contributed by atoms with Gasteiger partial charge in [0.15, 0.2) is 0 Å². The number of carbonyl (C=O) groups is 1. The van der Waals surface area contributed by atoms with E-state index in [9.17, 15) is 4.79 Å². The number of hydrogen-bond donors (Lipinski definition) is 0. The molecule has 0 N–H and O–H groups in total. The lowest BCUT2D eigenvalue weighted by atomic mass is 9.77. The lowest BCUT2D eigenvalue weighted by Crippen LogP contribution is -2.53. The summed E-state index contributed by atoms with van der Waals surface area (Å²) >= 11 is 0. The predicted molar refractivity (Wildman–Crippen MR) is 129 cm³/mol. The van der Waals surface area contributed by atoms with E-state index in [0.29, 0.717) is 6.04 Å². The molecule has 2 aromatic carbocycles. The SMILES string of the molecule is CC(C)(C)OC(=O)N1CCCC12CCC(N(Cc1ccccc1)Cc1ccccc1)CC2. The van der Waals surface area contributed by atoms with Gasteiger partial charge >= 0.3 is 6.09 Å². The van der Waals surface area contributed by atoms with E-state index >= 15 is 0 Å². The summed E-state index contributed by atoms with van der Waals surface area (Å²) in [5.41, 5.74) is 2.27. The van der Waals surface area contributed by atoms with Gasteiger partial charge in [-0.25, -0.2) is 4.79 Å². The number of nitrogens with zero attached hydrogens (tertiary/aromatic N) is 2. The predicted octanol–water partition coefficient (Wildman–Crippen LogP) is 6.40. The first-order chi connectivity index (χ1) is 15.3. The lowest BCUT2D eigenvalue weighted by molar-refractivity contribution is -0.00783. The highest BCUT2D eigenvalue weighted by molar-refractivity contribution is 5.69. The van der Waals surface area contributed by atoms with Crippen molar-refractivity contribution in [2.24, 2.45) is 0 Å². The van der Waals surface area contributed by atoms with Crippen LogP contribution in [0.2, 0.25) is 0 Å². The molecule has 4 rings (SSSR count). The second-order valence-corrected chi connectivity index (χ2v) is 10.6. The zero-order chi connectivity index (χ0) is 22.6. The van der Waals surface area contributed by atoms with Crippen LogP contribution in [0.15, 0.2) is 60.7 Å². The van der Waals surface area contributed by atoms with Gasteiger partial charge in [0.2, 0.25) is 0 Å². The van der Waals surface area contributed by atoms with Crippen molar-refractivity contribution >= 4 is 6.09 Å². The molecule has 2 aliphatic rings. The van der Waals surface area contributed by atoms with Gasteiger partial charge in [-0.2, -0.15) is 0 Å². The minimum atomic E-state index is -0.444. The van der Waals surface area contributed by atoms with Gasteiger partial charge in [-0.1, -0.05) is 60.7 Å². The molecular formula is C28H38N2O2. The Hall–Kier alpha value is -2.33. The van der Waals surface area contributed by atoms with E-state index in [1.165, 1.54) is 11.1 Å². The van der Waals surface area contributed by atoms with Crippen molar-refractivity contribution in [3.05, 3.63) is 71.8 Å². The number of rotatable bonds is 5.